The lowest BCUT2D eigenvalue weighted by Crippen LogP contribution is -2.64. The molecule has 0 saturated carbocycles. The van der Waals surface area contributed by atoms with Crippen molar-refractivity contribution >= 4 is 11.0 Å². The summed E-state index contributed by atoms with van der Waals surface area (Å²) >= 11 is 0. The molecule has 2 aliphatic rings. The highest BCUT2D eigenvalue weighted by Crippen LogP contribution is 2.35. The number of fused-ring (bicyclic) bond motifs is 1. The van der Waals surface area contributed by atoms with Crippen LogP contribution in [0.2, 0.25) is 0 Å². The Morgan fingerprint density at radius 3 is 2.22 bits per heavy atom. The van der Waals surface area contributed by atoms with Gasteiger partial charge in [0.2, 0.25) is 6.29 Å². The monoisotopic (exact) mass is 578 g/mol. The minimum Gasteiger partial charge on any atom is -0.508 e. The maximum Gasteiger partial charge on any atom is 0.229 e. The van der Waals surface area contributed by atoms with Crippen LogP contribution in [0.4, 0.5) is 0 Å². The first-order valence-electron chi connectivity index (χ1n) is 12.7. The van der Waals surface area contributed by atoms with Gasteiger partial charge < -0.3 is 64.2 Å². The zero-order valence-electron chi connectivity index (χ0n) is 21.5. The first kappa shape index (κ1) is 29.2. The number of phenols is 2. The summed E-state index contributed by atoms with van der Waals surface area (Å²) in [5.41, 5.74) is -0.182. The topological polar surface area (TPSA) is 229 Å². The van der Waals surface area contributed by atoms with Gasteiger partial charge in [-0.25, -0.2) is 0 Å². The molecular weight excluding hydrogens is 548 g/mol. The van der Waals surface area contributed by atoms with Crippen molar-refractivity contribution in [2.45, 2.75) is 68.3 Å². The molecule has 0 amide bonds. The zero-order valence-corrected chi connectivity index (χ0v) is 21.5. The molecule has 5 rings (SSSR count). The van der Waals surface area contributed by atoms with Crippen molar-refractivity contribution in [1.29, 1.82) is 0 Å². The molecule has 0 radical (unpaired) electrons. The van der Waals surface area contributed by atoms with Crippen molar-refractivity contribution in [3.63, 3.8) is 0 Å². The molecule has 2 aromatic carbocycles. The Kier molecular flexibility index (Phi) is 8.20. The fourth-order valence-electron chi connectivity index (χ4n) is 4.79. The third-order valence-electron chi connectivity index (χ3n) is 7.11. The van der Waals surface area contributed by atoms with Gasteiger partial charge in [0, 0.05) is 23.8 Å². The number of phenolic OH excluding ortho intramolecular Hbond substituents is 2. The van der Waals surface area contributed by atoms with Gasteiger partial charge >= 0.3 is 0 Å². The van der Waals surface area contributed by atoms with Crippen LogP contribution in [0, 0.1) is 0 Å². The highest BCUT2D eigenvalue weighted by atomic mass is 16.8. The summed E-state index contributed by atoms with van der Waals surface area (Å²) in [6, 6.07) is 9.38. The van der Waals surface area contributed by atoms with Gasteiger partial charge in [-0.3, -0.25) is 4.79 Å². The second-order valence-electron chi connectivity index (χ2n) is 9.94. The number of hydrogen-bond acceptors (Lipinski definition) is 14. The molecule has 14 heteroatoms. The Morgan fingerprint density at radius 1 is 0.829 bits per heavy atom. The Labute approximate surface area is 231 Å². The molecule has 0 aliphatic carbocycles. The molecule has 14 nitrogen and oxygen atoms in total. The maximum atomic E-state index is 12.8. The summed E-state index contributed by atoms with van der Waals surface area (Å²) in [5, 5.41) is 81.4. The molecule has 0 unspecified atom stereocenters. The van der Waals surface area contributed by atoms with E-state index in [0.29, 0.717) is 5.56 Å². The molecule has 0 bridgehead atoms. The fraction of sp³-hybridized carbons (Fsp3) is 0.444. The molecule has 8 N–H and O–H groups in total. The molecule has 2 fully saturated rings. The van der Waals surface area contributed by atoms with Gasteiger partial charge in [0.05, 0.1) is 12.7 Å². The minimum atomic E-state index is -1.76. The first-order valence-corrected chi connectivity index (χ1v) is 12.7. The average molecular weight is 579 g/mol. The zero-order chi connectivity index (χ0) is 29.6. The first-order chi connectivity index (χ1) is 19.5. The molecule has 2 saturated heterocycles. The lowest BCUT2D eigenvalue weighted by molar-refractivity contribution is -0.354. The van der Waals surface area contributed by atoms with E-state index in [9.17, 15) is 45.6 Å². The van der Waals surface area contributed by atoms with Crippen LogP contribution in [0.3, 0.4) is 0 Å². The van der Waals surface area contributed by atoms with Gasteiger partial charge in [-0.2, -0.15) is 0 Å². The van der Waals surface area contributed by atoms with E-state index in [1.165, 1.54) is 43.3 Å². The van der Waals surface area contributed by atoms with Crippen molar-refractivity contribution < 1.29 is 64.2 Å². The second-order valence-corrected chi connectivity index (χ2v) is 9.94. The molecule has 0 spiro atoms. The Bertz CT molecular complexity index is 1420. The van der Waals surface area contributed by atoms with Crippen LogP contribution in [0.1, 0.15) is 6.92 Å². The van der Waals surface area contributed by atoms with Crippen LogP contribution < -0.4 is 10.2 Å². The fourth-order valence-corrected chi connectivity index (χ4v) is 4.79. The number of rotatable bonds is 6. The number of benzene rings is 2. The molecule has 10 atom stereocenters. The van der Waals surface area contributed by atoms with Crippen molar-refractivity contribution in [1.82, 2.24) is 0 Å². The van der Waals surface area contributed by atoms with Gasteiger partial charge in [0.25, 0.3) is 0 Å². The smallest absolute Gasteiger partial charge is 0.229 e. The van der Waals surface area contributed by atoms with Crippen molar-refractivity contribution in [3.05, 3.63) is 52.7 Å². The molecule has 222 valence electrons. The van der Waals surface area contributed by atoms with E-state index in [0.717, 1.165) is 6.07 Å². The number of hydrogen-bond donors (Lipinski definition) is 8. The van der Waals surface area contributed by atoms with E-state index in [-0.39, 0.29) is 28.2 Å². The number of ether oxygens (including phenoxy) is 4. The lowest BCUT2D eigenvalue weighted by Gasteiger charge is -2.45. The predicted octanol–water partition coefficient (Wildman–Crippen LogP) is -1.10. The van der Waals surface area contributed by atoms with Crippen LogP contribution in [-0.2, 0) is 14.2 Å². The maximum absolute atomic E-state index is 12.8. The van der Waals surface area contributed by atoms with Crippen LogP contribution in [0.15, 0.2) is 51.7 Å². The van der Waals surface area contributed by atoms with Crippen LogP contribution >= 0.6 is 0 Å². The second kappa shape index (κ2) is 11.5. The van der Waals surface area contributed by atoms with Crippen LogP contribution in [0.5, 0.6) is 17.2 Å². The third-order valence-corrected chi connectivity index (χ3v) is 7.11. The van der Waals surface area contributed by atoms with Gasteiger partial charge in [0.1, 0.15) is 70.6 Å². The highest BCUT2D eigenvalue weighted by Gasteiger charge is 2.50. The molecule has 41 heavy (non-hydrogen) atoms. The Morgan fingerprint density at radius 2 is 1.54 bits per heavy atom. The summed E-state index contributed by atoms with van der Waals surface area (Å²) in [6.07, 6.45) is -15.3. The van der Waals surface area contributed by atoms with Gasteiger partial charge in [-0.05, 0) is 31.2 Å². The summed E-state index contributed by atoms with van der Waals surface area (Å²) in [4.78, 5) is 12.8. The SMILES string of the molecule is C[C@@H]1O[C@@H](O[C@@H]2[C@H](Oc3cc(O)c4c(=O)cc(-c5ccc(O)cc5)oc4c3)O[C@H](CO)[C@@H](O)[C@H]2O)[C@H](O)[C@@H](O)[C@H]1O. The third kappa shape index (κ3) is 5.61. The van der Waals surface area contributed by atoms with Crippen LogP contribution in [-0.4, -0.2) is 109 Å². The normalized spacial score (nSPS) is 34.0. The van der Waals surface area contributed by atoms with E-state index in [1.807, 2.05) is 0 Å². The van der Waals surface area contributed by atoms with E-state index in [4.69, 9.17) is 23.4 Å². The lowest BCUT2D eigenvalue weighted by atomic mass is 9.97. The molecule has 2 aliphatic heterocycles. The highest BCUT2D eigenvalue weighted by molar-refractivity contribution is 5.86. The minimum absolute atomic E-state index is 0.00857. The summed E-state index contributed by atoms with van der Waals surface area (Å²) in [7, 11) is 0. The molecular formula is C27H30O14. The van der Waals surface area contributed by atoms with E-state index in [1.54, 1.807) is 0 Å². The van der Waals surface area contributed by atoms with Crippen molar-refractivity contribution in [3.8, 4) is 28.6 Å². The Hall–Kier alpha value is -3.31. The van der Waals surface area contributed by atoms with Crippen molar-refractivity contribution in [2.24, 2.45) is 0 Å². The van der Waals surface area contributed by atoms with Gasteiger partial charge in [0.15, 0.2) is 17.8 Å². The average Bonchev–Trinajstić information content (AvgIpc) is 2.94. The summed E-state index contributed by atoms with van der Waals surface area (Å²) < 4.78 is 28.4. The van der Waals surface area contributed by atoms with Crippen LogP contribution in [0.25, 0.3) is 22.3 Å². The van der Waals surface area contributed by atoms with E-state index in [2.05, 4.69) is 0 Å². The number of aliphatic hydroxyl groups excluding tert-OH is 6. The Balaban J connectivity index is 1.47. The predicted molar refractivity (Wildman–Crippen MR) is 137 cm³/mol. The largest absolute Gasteiger partial charge is 0.508 e. The standard InChI is InChI=1S/C27H30O14/c1-10-20(32)22(34)24(36)26(37-10)41-25-23(35)21(33)18(9-28)40-27(25)38-13-6-14(30)19-15(31)8-16(39-17(19)7-13)11-2-4-12(29)5-3-11/h2-8,10,18,20-30,32-36H,9H2,1H3/t10-,18+,20-,21+,22-,23+,24+,25-,26-,27+/m0/s1. The number of aliphatic hydroxyl groups is 6. The van der Waals surface area contributed by atoms with Gasteiger partial charge in [-0.1, -0.05) is 0 Å². The van der Waals surface area contributed by atoms with Gasteiger partial charge in [-0.15, -0.1) is 0 Å². The summed E-state index contributed by atoms with van der Waals surface area (Å²) in [5.74, 6) is -0.498. The molecule has 3 heterocycles. The van der Waals surface area contributed by atoms with E-state index >= 15 is 0 Å². The molecule has 3 aromatic rings. The molecule has 1 aromatic heterocycles. The number of aromatic hydroxyl groups is 2. The van der Waals surface area contributed by atoms with E-state index < -0.39 is 79.2 Å². The van der Waals surface area contributed by atoms with Crippen molar-refractivity contribution in [2.75, 3.05) is 6.61 Å². The quantitative estimate of drug-likeness (QED) is 0.174. The summed E-state index contributed by atoms with van der Waals surface area (Å²) in [6.45, 7) is 0.704.